The third-order valence-electron chi connectivity index (χ3n) is 3.14. The Kier molecular flexibility index (Phi) is 6.46. The van der Waals surface area contributed by atoms with Crippen molar-refractivity contribution in [2.24, 2.45) is 0 Å². The molecule has 0 atom stereocenters. The molecule has 0 aliphatic rings. The molecule has 4 nitrogen and oxygen atoms in total. The van der Waals surface area contributed by atoms with E-state index in [2.05, 4.69) is 5.32 Å². The van der Waals surface area contributed by atoms with E-state index in [9.17, 15) is 9.59 Å². The number of amides is 1. The minimum Gasteiger partial charge on any atom is -0.457 e. The van der Waals surface area contributed by atoms with Crippen LogP contribution in [0.5, 0.6) is 0 Å². The van der Waals surface area contributed by atoms with Gasteiger partial charge in [0.05, 0.1) is 0 Å². The summed E-state index contributed by atoms with van der Waals surface area (Å²) in [4.78, 5) is 24.3. The minimum absolute atomic E-state index is 0.341. The highest BCUT2D eigenvalue weighted by molar-refractivity contribution is 6.35. The molecule has 0 radical (unpaired) electrons. The molecular weight excluding hydrogens is 373 g/mol. The molecule has 2 aromatic rings. The number of para-hydroxylation sites is 1. The number of anilines is 1. The Morgan fingerprint density at radius 1 is 1.04 bits per heavy atom. The van der Waals surface area contributed by atoms with Crippen molar-refractivity contribution >= 4 is 46.8 Å². The summed E-state index contributed by atoms with van der Waals surface area (Å²) in [5.41, 5.74) is 0.989. The molecule has 0 heterocycles. The van der Waals surface area contributed by atoms with Crippen LogP contribution in [0.15, 0.2) is 48.5 Å². The molecule has 26 heavy (non-hydrogen) atoms. The monoisotopic (exact) mass is 391 g/mol. The van der Waals surface area contributed by atoms with Crippen LogP contribution in [0.2, 0.25) is 10.0 Å². The summed E-state index contributed by atoms with van der Waals surface area (Å²) < 4.78 is 5.23. The highest BCUT2D eigenvalue weighted by atomic mass is 35.5. The fourth-order valence-corrected chi connectivity index (χ4v) is 2.66. The number of halogens is 2. The van der Waals surface area contributed by atoms with E-state index in [1.54, 1.807) is 57.2 Å². The number of benzene rings is 2. The SMILES string of the molecule is CC(C)(C)OC(=O)/C=C/c1ccccc1NC(=O)c1cc(Cl)cc(Cl)c1. The van der Waals surface area contributed by atoms with Gasteiger partial charge in [-0.3, -0.25) is 4.79 Å². The summed E-state index contributed by atoms with van der Waals surface area (Å²) >= 11 is 11.9. The largest absolute Gasteiger partial charge is 0.457 e. The molecule has 1 N–H and O–H groups in total. The highest BCUT2D eigenvalue weighted by Gasteiger charge is 2.14. The van der Waals surface area contributed by atoms with Crippen LogP contribution < -0.4 is 5.32 Å². The predicted octanol–water partition coefficient (Wildman–Crippen LogP) is 5.60. The summed E-state index contributed by atoms with van der Waals surface area (Å²) in [6.07, 6.45) is 2.92. The average Bonchev–Trinajstić information content (AvgIpc) is 2.51. The molecule has 0 bridgehead atoms. The topological polar surface area (TPSA) is 55.4 Å². The van der Waals surface area contributed by atoms with Crippen molar-refractivity contribution in [2.45, 2.75) is 26.4 Å². The molecule has 136 valence electrons. The van der Waals surface area contributed by atoms with Crippen molar-refractivity contribution in [3.63, 3.8) is 0 Å². The molecule has 0 spiro atoms. The maximum Gasteiger partial charge on any atom is 0.331 e. The lowest BCUT2D eigenvalue weighted by molar-refractivity contribution is -0.148. The molecule has 1 amide bonds. The Morgan fingerprint density at radius 2 is 1.65 bits per heavy atom. The molecule has 0 saturated heterocycles. The van der Waals surface area contributed by atoms with Gasteiger partial charge in [-0.15, -0.1) is 0 Å². The quantitative estimate of drug-likeness (QED) is 0.544. The van der Waals surface area contributed by atoms with Gasteiger partial charge in [-0.1, -0.05) is 41.4 Å². The van der Waals surface area contributed by atoms with Gasteiger partial charge in [-0.05, 0) is 56.7 Å². The van der Waals surface area contributed by atoms with Crippen LogP contribution in [-0.2, 0) is 9.53 Å². The second-order valence-corrected chi connectivity index (χ2v) is 7.44. The van der Waals surface area contributed by atoms with E-state index >= 15 is 0 Å². The first-order valence-corrected chi connectivity index (χ1v) is 8.67. The Balaban J connectivity index is 2.18. The van der Waals surface area contributed by atoms with Gasteiger partial charge in [-0.25, -0.2) is 4.79 Å². The standard InChI is InChI=1S/C20H19Cl2NO3/c1-20(2,3)26-18(24)9-8-13-6-4-5-7-17(13)23-19(25)14-10-15(21)12-16(22)11-14/h4-12H,1-3H3,(H,23,25)/b9-8+. The lowest BCUT2D eigenvalue weighted by Gasteiger charge is -2.18. The van der Waals surface area contributed by atoms with Crippen LogP contribution >= 0.6 is 23.2 Å². The maximum atomic E-state index is 12.5. The zero-order valence-corrected chi connectivity index (χ0v) is 16.2. The molecule has 2 aromatic carbocycles. The van der Waals surface area contributed by atoms with Gasteiger partial charge in [0.15, 0.2) is 0 Å². The highest BCUT2D eigenvalue weighted by Crippen LogP contribution is 2.22. The second-order valence-electron chi connectivity index (χ2n) is 6.57. The molecule has 2 rings (SSSR count). The summed E-state index contributed by atoms with van der Waals surface area (Å²) in [5.74, 6) is -0.812. The Bertz CT molecular complexity index is 834. The maximum absolute atomic E-state index is 12.5. The number of hydrogen-bond donors (Lipinski definition) is 1. The second kappa shape index (κ2) is 8.39. The Hall–Kier alpha value is -2.30. The van der Waals surface area contributed by atoms with Gasteiger partial charge in [0, 0.05) is 27.4 Å². The summed E-state index contributed by atoms with van der Waals surface area (Å²) in [5, 5.41) is 3.55. The van der Waals surface area contributed by atoms with E-state index in [1.807, 2.05) is 0 Å². The van der Waals surface area contributed by atoms with Gasteiger partial charge in [0.2, 0.25) is 0 Å². The van der Waals surface area contributed by atoms with Gasteiger partial charge < -0.3 is 10.1 Å². The third-order valence-corrected chi connectivity index (χ3v) is 3.58. The van der Waals surface area contributed by atoms with Crippen molar-refractivity contribution in [3.05, 3.63) is 69.7 Å². The Morgan fingerprint density at radius 3 is 2.27 bits per heavy atom. The fourth-order valence-electron chi connectivity index (χ4n) is 2.13. The number of ether oxygens (including phenoxy) is 1. The van der Waals surface area contributed by atoms with Crippen molar-refractivity contribution in [3.8, 4) is 0 Å². The first-order chi connectivity index (χ1) is 12.1. The fraction of sp³-hybridized carbons (Fsp3) is 0.200. The molecular formula is C20H19Cl2NO3. The molecule has 6 heteroatoms. The molecule has 0 aromatic heterocycles. The van der Waals surface area contributed by atoms with Crippen molar-refractivity contribution in [1.29, 1.82) is 0 Å². The zero-order valence-electron chi connectivity index (χ0n) is 14.7. The molecule has 0 saturated carbocycles. The molecule has 0 fully saturated rings. The van der Waals surface area contributed by atoms with E-state index in [0.717, 1.165) is 0 Å². The van der Waals surface area contributed by atoms with Gasteiger partial charge >= 0.3 is 5.97 Å². The number of hydrogen-bond acceptors (Lipinski definition) is 3. The van der Waals surface area contributed by atoms with Gasteiger partial charge in [0.25, 0.3) is 5.91 Å². The van der Waals surface area contributed by atoms with Crippen LogP contribution in [0.3, 0.4) is 0 Å². The van der Waals surface area contributed by atoms with Gasteiger partial charge in [0.1, 0.15) is 5.60 Å². The summed E-state index contributed by atoms with van der Waals surface area (Å²) in [6.45, 7) is 5.38. The van der Waals surface area contributed by atoms with Crippen LogP contribution in [0, 0.1) is 0 Å². The van der Waals surface area contributed by atoms with Crippen LogP contribution in [0.1, 0.15) is 36.7 Å². The van der Waals surface area contributed by atoms with Crippen LogP contribution in [0.25, 0.3) is 6.08 Å². The van der Waals surface area contributed by atoms with Gasteiger partial charge in [-0.2, -0.15) is 0 Å². The lowest BCUT2D eigenvalue weighted by atomic mass is 10.1. The van der Waals surface area contributed by atoms with E-state index in [1.165, 1.54) is 18.2 Å². The minimum atomic E-state index is -0.568. The molecule has 0 aliphatic carbocycles. The first kappa shape index (κ1) is 20.0. The smallest absolute Gasteiger partial charge is 0.331 e. The van der Waals surface area contributed by atoms with Crippen molar-refractivity contribution in [1.82, 2.24) is 0 Å². The first-order valence-electron chi connectivity index (χ1n) is 7.91. The van der Waals surface area contributed by atoms with E-state index in [0.29, 0.717) is 26.9 Å². The van der Waals surface area contributed by atoms with E-state index in [4.69, 9.17) is 27.9 Å². The molecule has 0 aliphatic heterocycles. The zero-order chi connectivity index (χ0) is 19.3. The van der Waals surface area contributed by atoms with Crippen molar-refractivity contribution < 1.29 is 14.3 Å². The van der Waals surface area contributed by atoms with Crippen LogP contribution in [-0.4, -0.2) is 17.5 Å². The number of esters is 1. The number of rotatable bonds is 4. The average molecular weight is 392 g/mol. The number of carbonyl (C=O) groups is 2. The normalized spacial score (nSPS) is 11.4. The number of carbonyl (C=O) groups excluding carboxylic acids is 2. The van der Waals surface area contributed by atoms with E-state index in [-0.39, 0.29) is 5.91 Å². The molecule has 0 unspecified atom stereocenters. The summed E-state index contributed by atoms with van der Waals surface area (Å²) in [7, 11) is 0. The summed E-state index contributed by atoms with van der Waals surface area (Å²) in [6, 6.07) is 11.7. The lowest BCUT2D eigenvalue weighted by Crippen LogP contribution is -2.22. The van der Waals surface area contributed by atoms with E-state index < -0.39 is 11.6 Å². The number of nitrogens with one attached hydrogen (secondary N) is 1. The predicted molar refractivity (Wildman–Crippen MR) is 106 cm³/mol. The Labute approximate surface area is 162 Å². The van der Waals surface area contributed by atoms with Crippen LogP contribution in [0.4, 0.5) is 5.69 Å². The van der Waals surface area contributed by atoms with Crippen molar-refractivity contribution in [2.75, 3.05) is 5.32 Å². The third kappa shape index (κ3) is 6.21.